The number of ether oxygens (including phenoxy) is 1. The molecule has 2 aromatic rings. The molecule has 2 amide bonds. The summed E-state index contributed by atoms with van der Waals surface area (Å²) in [6.45, 7) is 5.77. The van der Waals surface area contributed by atoms with Crippen LogP contribution < -0.4 is 10.2 Å². The fraction of sp³-hybridized carbons (Fsp3) is 0.318. The van der Waals surface area contributed by atoms with Gasteiger partial charge in [-0.1, -0.05) is 25.1 Å². The molecule has 0 saturated carbocycles. The van der Waals surface area contributed by atoms with Gasteiger partial charge in [0.25, 0.3) is 0 Å². The largest absolute Gasteiger partial charge is 0.462 e. The summed E-state index contributed by atoms with van der Waals surface area (Å²) < 4.78 is 4.96. The topological polar surface area (TPSA) is 75.7 Å². The molecular weight excluding hydrogens is 356 g/mol. The van der Waals surface area contributed by atoms with E-state index in [1.165, 1.54) is 11.8 Å². The van der Waals surface area contributed by atoms with Crippen molar-refractivity contribution in [2.45, 2.75) is 33.6 Å². The van der Waals surface area contributed by atoms with Crippen LogP contribution in [-0.2, 0) is 20.7 Å². The van der Waals surface area contributed by atoms with Crippen LogP contribution in [0.4, 0.5) is 11.4 Å². The highest BCUT2D eigenvalue weighted by Crippen LogP contribution is 2.18. The Balaban J connectivity index is 2.02. The van der Waals surface area contributed by atoms with Gasteiger partial charge in [-0.25, -0.2) is 4.79 Å². The maximum atomic E-state index is 12.3. The van der Waals surface area contributed by atoms with Crippen molar-refractivity contribution in [1.82, 2.24) is 0 Å². The second kappa shape index (κ2) is 10.3. The summed E-state index contributed by atoms with van der Waals surface area (Å²) in [6.07, 6.45) is 0.986. The summed E-state index contributed by atoms with van der Waals surface area (Å²) in [5.41, 5.74) is 2.90. The van der Waals surface area contributed by atoms with Crippen LogP contribution in [0.15, 0.2) is 48.5 Å². The maximum Gasteiger partial charge on any atom is 0.338 e. The van der Waals surface area contributed by atoms with Gasteiger partial charge in [-0.3, -0.25) is 9.59 Å². The van der Waals surface area contributed by atoms with E-state index in [4.69, 9.17) is 4.74 Å². The Bertz CT molecular complexity index is 831. The predicted octanol–water partition coefficient (Wildman–Crippen LogP) is 3.81. The maximum absolute atomic E-state index is 12.3. The van der Waals surface area contributed by atoms with Crippen molar-refractivity contribution in [3.8, 4) is 0 Å². The highest BCUT2D eigenvalue weighted by molar-refractivity contribution is 5.96. The molecule has 0 unspecified atom stereocenters. The molecule has 0 aliphatic carbocycles. The van der Waals surface area contributed by atoms with Crippen LogP contribution in [-0.4, -0.2) is 30.9 Å². The lowest BCUT2D eigenvalue weighted by Crippen LogP contribution is -2.32. The van der Waals surface area contributed by atoms with Crippen molar-refractivity contribution < 1.29 is 19.1 Å². The molecule has 0 spiro atoms. The zero-order valence-electron chi connectivity index (χ0n) is 16.5. The fourth-order valence-electron chi connectivity index (χ4n) is 2.84. The molecule has 0 radical (unpaired) electrons. The number of nitrogens with zero attached hydrogens (tertiary/aromatic N) is 1. The molecule has 0 heterocycles. The van der Waals surface area contributed by atoms with Gasteiger partial charge in [0.2, 0.25) is 11.8 Å². The molecule has 0 bridgehead atoms. The van der Waals surface area contributed by atoms with Crippen LogP contribution in [0.25, 0.3) is 0 Å². The Hall–Kier alpha value is -3.15. The van der Waals surface area contributed by atoms with Crippen LogP contribution in [0.2, 0.25) is 0 Å². The average Bonchev–Trinajstić information content (AvgIpc) is 2.69. The number of para-hydroxylation sites is 1. The molecule has 2 aromatic carbocycles. The van der Waals surface area contributed by atoms with Crippen molar-refractivity contribution >= 4 is 29.2 Å². The lowest BCUT2D eigenvalue weighted by atomic mass is 10.1. The van der Waals surface area contributed by atoms with Gasteiger partial charge in [-0.05, 0) is 49.2 Å². The number of anilines is 2. The van der Waals surface area contributed by atoms with E-state index in [9.17, 15) is 14.4 Å². The minimum absolute atomic E-state index is 0.157. The zero-order valence-corrected chi connectivity index (χ0v) is 16.5. The average molecular weight is 382 g/mol. The first kappa shape index (κ1) is 21.2. The van der Waals surface area contributed by atoms with E-state index in [1.807, 2.05) is 31.2 Å². The number of amides is 2. The van der Waals surface area contributed by atoms with E-state index in [0.717, 1.165) is 17.7 Å². The summed E-state index contributed by atoms with van der Waals surface area (Å²) in [4.78, 5) is 37.6. The Labute approximate surface area is 165 Å². The van der Waals surface area contributed by atoms with Gasteiger partial charge in [0.1, 0.15) is 0 Å². The van der Waals surface area contributed by atoms with Gasteiger partial charge in [0.05, 0.1) is 12.2 Å². The number of carbonyl (C=O) groups excluding carboxylic acids is 3. The fourth-order valence-corrected chi connectivity index (χ4v) is 2.84. The standard InChI is InChI=1S/C22H26N2O4/c1-4-17-8-6-7-9-20(17)23-21(26)14-15-24(16(3)25)19-12-10-18(11-13-19)22(27)28-5-2/h6-13H,4-5,14-15H2,1-3H3,(H,23,26). The SMILES string of the molecule is CCOC(=O)c1ccc(N(CCC(=O)Nc2ccccc2CC)C(C)=O)cc1. The highest BCUT2D eigenvalue weighted by atomic mass is 16.5. The summed E-state index contributed by atoms with van der Waals surface area (Å²) in [7, 11) is 0. The number of carbonyl (C=O) groups is 3. The first-order valence-corrected chi connectivity index (χ1v) is 9.39. The van der Waals surface area contributed by atoms with Crippen molar-refractivity contribution in [3.05, 3.63) is 59.7 Å². The molecule has 0 fully saturated rings. The molecule has 0 atom stereocenters. The Morgan fingerprint density at radius 1 is 1.00 bits per heavy atom. The van der Waals surface area contributed by atoms with Gasteiger partial charge in [0.15, 0.2) is 0 Å². The molecule has 148 valence electrons. The Morgan fingerprint density at radius 3 is 2.29 bits per heavy atom. The van der Waals surface area contributed by atoms with Gasteiger partial charge in [-0.2, -0.15) is 0 Å². The molecule has 1 N–H and O–H groups in total. The second-order valence-electron chi connectivity index (χ2n) is 6.25. The summed E-state index contributed by atoms with van der Waals surface area (Å²) >= 11 is 0. The van der Waals surface area contributed by atoms with E-state index in [0.29, 0.717) is 17.9 Å². The Kier molecular flexibility index (Phi) is 7.75. The molecular formula is C22H26N2O4. The van der Waals surface area contributed by atoms with Crippen molar-refractivity contribution in [3.63, 3.8) is 0 Å². The highest BCUT2D eigenvalue weighted by Gasteiger charge is 2.15. The zero-order chi connectivity index (χ0) is 20.5. The summed E-state index contributed by atoms with van der Waals surface area (Å²) in [5.74, 6) is -0.738. The van der Waals surface area contributed by atoms with E-state index in [1.54, 1.807) is 31.2 Å². The normalized spacial score (nSPS) is 10.2. The van der Waals surface area contributed by atoms with Crippen LogP contribution in [0.5, 0.6) is 0 Å². The van der Waals surface area contributed by atoms with E-state index in [2.05, 4.69) is 5.32 Å². The molecule has 0 aliphatic rings. The van der Waals surface area contributed by atoms with E-state index in [-0.39, 0.29) is 24.8 Å². The minimum atomic E-state index is -0.405. The number of esters is 1. The molecule has 0 aliphatic heterocycles. The van der Waals surface area contributed by atoms with Crippen molar-refractivity contribution in [1.29, 1.82) is 0 Å². The Morgan fingerprint density at radius 2 is 1.68 bits per heavy atom. The first-order valence-electron chi connectivity index (χ1n) is 9.39. The number of hydrogen-bond acceptors (Lipinski definition) is 4. The van der Waals surface area contributed by atoms with Gasteiger partial charge in [-0.15, -0.1) is 0 Å². The monoisotopic (exact) mass is 382 g/mol. The predicted molar refractivity (Wildman–Crippen MR) is 109 cm³/mol. The van der Waals surface area contributed by atoms with Gasteiger partial charge < -0.3 is 15.0 Å². The first-order chi connectivity index (χ1) is 13.5. The lowest BCUT2D eigenvalue weighted by Gasteiger charge is -2.21. The van der Waals surface area contributed by atoms with Crippen LogP contribution in [0, 0.1) is 0 Å². The molecule has 6 nitrogen and oxygen atoms in total. The third-order valence-corrected chi connectivity index (χ3v) is 4.31. The smallest absolute Gasteiger partial charge is 0.338 e. The molecule has 28 heavy (non-hydrogen) atoms. The summed E-state index contributed by atoms with van der Waals surface area (Å²) in [6, 6.07) is 14.2. The number of benzene rings is 2. The van der Waals surface area contributed by atoms with Crippen LogP contribution in [0.1, 0.15) is 43.1 Å². The third kappa shape index (κ3) is 5.67. The summed E-state index contributed by atoms with van der Waals surface area (Å²) in [5, 5.41) is 2.91. The number of rotatable bonds is 8. The van der Waals surface area contributed by atoms with Crippen LogP contribution >= 0.6 is 0 Å². The van der Waals surface area contributed by atoms with E-state index < -0.39 is 5.97 Å². The molecule has 0 saturated heterocycles. The second-order valence-corrected chi connectivity index (χ2v) is 6.25. The van der Waals surface area contributed by atoms with Gasteiger partial charge in [0, 0.05) is 31.3 Å². The molecule has 6 heteroatoms. The van der Waals surface area contributed by atoms with E-state index >= 15 is 0 Å². The molecule has 2 rings (SSSR count). The number of nitrogens with one attached hydrogen (secondary N) is 1. The van der Waals surface area contributed by atoms with Crippen LogP contribution in [0.3, 0.4) is 0 Å². The third-order valence-electron chi connectivity index (χ3n) is 4.31. The lowest BCUT2D eigenvalue weighted by molar-refractivity contribution is -0.117. The number of hydrogen-bond donors (Lipinski definition) is 1. The minimum Gasteiger partial charge on any atom is -0.462 e. The quantitative estimate of drug-likeness (QED) is 0.705. The van der Waals surface area contributed by atoms with Gasteiger partial charge >= 0.3 is 5.97 Å². The van der Waals surface area contributed by atoms with Crippen molar-refractivity contribution in [2.75, 3.05) is 23.4 Å². The molecule has 0 aromatic heterocycles. The number of aryl methyl sites for hydroxylation is 1. The van der Waals surface area contributed by atoms with Crippen molar-refractivity contribution in [2.24, 2.45) is 0 Å².